The quantitative estimate of drug-likeness (QED) is 0.750. The normalized spacial score (nSPS) is 30.0. The van der Waals surface area contributed by atoms with Crippen molar-refractivity contribution in [2.75, 3.05) is 14.2 Å². The van der Waals surface area contributed by atoms with Crippen LogP contribution in [-0.4, -0.2) is 42.8 Å². The zero-order valence-electron chi connectivity index (χ0n) is 15.7. The van der Waals surface area contributed by atoms with Crippen molar-refractivity contribution < 1.29 is 23.9 Å². The molecule has 3 aliphatic rings. The summed E-state index contributed by atoms with van der Waals surface area (Å²) >= 11 is 0. The van der Waals surface area contributed by atoms with Gasteiger partial charge >= 0.3 is 5.97 Å². The molecular formula is C21H23NO5. The highest BCUT2D eigenvalue weighted by Crippen LogP contribution is 2.46. The van der Waals surface area contributed by atoms with Gasteiger partial charge in [0.25, 0.3) is 5.91 Å². The van der Waals surface area contributed by atoms with Crippen LogP contribution in [-0.2, 0) is 19.1 Å². The van der Waals surface area contributed by atoms with Crippen LogP contribution in [0.4, 0.5) is 0 Å². The van der Waals surface area contributed by atoms with E-state index in [9.17, 15) is 14.4 Å². The Bertz CT molecular complexity index is 841. The number of rotatable bonds is 2. The number of esters is 1. The van der Waals surface area contributed by atoms with E-state index in [4.69, 9.17) is 9.47 Å². The van der Waals surface area contributed by atoms with E-state index in [1.54, 1.807) is 36.2 Å². The lowest BCUT2D eigenvalue weighted by Crippen LogP contribution is -2.41. The fourth-order valence-corrected chi connectivity index (χ4v) is 4.50. The molecule has 4 rings (SSSR count). The van der Waals surface area contributed by atoms with Crippen LogP contribution in [0.25, 0.3) is 0 Å². The number of hydrogen-bond acceptors (Lipinski definition) is 5. The molecule has 0 aromatic heterocycles. The van der Waals surface area contributed by atoms with Gasteiger partial charge in [0.05, 0.1) is 30.2 Å². The number of nitrogens with zero attached hydrogens (tertiary/aromatic N) is 1. The molecule has 1 aromatic rings. The maximum atomic E-state index is 13.3. The molecule has 6 nitrogen and oxygen atoms in total. The number of methoxy groups -OCH3 is 1. The second kappa shape index (κ2) is 6.51. The number of ether oxygens (including phenoxy) is 2. The maximum Gasteiger partial charge on any atom is 0.337 e. The van der Waals surface area contributed by atoms with Crippen molar-refractivity contribution >= 4 is 17.7 Å². The van der Waals surface area contributed by atoms with E-state index in [0.717, 1.165) is 24.8 Å². The molecule has 0 bridgehead atoms. The number of amides is 1. The summed E-state index contributed by atoms with van der Waals surface area (Å²) in [6.45, 7) is 2.16. The van der Waals surface area contributed by atoms with Crippen LogP contribution in [0.3, 0.4) is 0 Å². The van der Waals surface area contributed by atoms with Gasteiger partial charge in [-0.05, 0) is 42.9 Å². The van der Waals surface area contributed by atoms with Gasteiger partial charge in [-0.15, -0.1) is 0 Å². The van der Waals surface area contributed by atoms with E-state index >= 15 is 0 Å². The molecule has 1 saturated carbocycles. The number of carbonyl (C=O) groups is 3. The summed E-state index contributed by atoms with van der Waals surface area (Å²) in [6.07, 6.45) is 2.43. The molecule has 27 heavy (non-hydrogen) atoms. The minimum atomic E-state index is -0.482. The van der Waals surface area contributed by atoms with Crippen LogP contribution in [0.1, 0.15) is 48.1 Å². The zero-order chi connectivity index (χ0) is 19.3. The highest BCUT2D eigenvalue weighted by Gasteiger charge is 2.51. The van der Waals surface area contributed by atoms with E-state index in [1.807, 2.05) is 0 Å². The predicted molar refractivity (Wildman–Crippen MR) is 96.7 cm³/mol. The molecule has 6 heteroatoms. The summed E-state index contributed by atoms with van der Waals surface area (Å²) in [4.78, 5) is 39.3. The summed E-state index contributed by atoms with van der Waals surface area (Å²) in [6, 6.07) is 6.35. The van der Waals surface area contributed by atoms with Crippen molar-refractivity contribution in [1.82, 2.24) is 4.90 Å². The second-order valence-electron chi connectivity index (χ2n) is 7.72. The lowest BCUT2D eigenvalue weighted by atomic mass is 9.74. The lowest BCUT2D eigenvalue weighted by molar-refractivity contribution is -0.135. The standard InChI is InChI=1S/C21H23NO5/c1-11-4-9-15-14(10-11)18(23)16-17(22(2)20(24)19(16)27-15)12-5-7-13(8-6-12)21(25)26-3/h5-8,11,14-15,17H,4,9-10H2,1-3H3. The van der Waals surface area contributed by atoms with E-state index in [0.29, 0.717) is 17.1 Å². The van der Waals surface area contributed by atoms with Crippen LogP contribution in [0.5, 0.6) is 0 Å². The molecule has 142 valence electrons. The molecule has 0 saturated heterocycles. The molecule has 0 N–H and O–H groups in total. The summed E-state index contributed by atoms with van der Waals surface area (Å²) in [5.41, 5.74) is 1.67. The Kier molecular flexibility index (Phi) is 4.29. The monoisotopic (exact) mass is 369 g/mol. The summed E-state index contributed by atoms with van der Waals surface area (Å²) in [5.74, 6) is -0.129. The Hall–Kier alpha value is -2.63. The van der Waals surface area contributed by atoms with E-state index < -0.39 is 12.0 Å². The first-order valence-corrected chi connectivity index (χ1v) is 9.32. The van der Waals surface area contributed by atoms with Crippen LogP contribution in [0, 0.1) is 11.8 Å². The topological polar surface area (TPSA) is 72.9 Å². The van der Waals surface area contributed by atoms with Crippen LogP contribution >= 0.6 is 0 Å². The van der Waals surface area contributed by atoms with Crippen molar-refractivity contribution in [2.24, 2.45) is 11.8 Å². The Morgan fingerprint density at radius 1 is 1.19 bits per heavy atom. The van der Waals surface area contributed by atoms with Gasteiger partial charge in [-0.3, -0.25) is 9.59 Å². The maximum absolute atomic E-state index is 13.3. The molecule has 1 aromatic carbocycles. The average Bonchev–Trinajstić information content (AvgIpc) is 2.93. The van der Waals surface area contributed by atoms with Crippen molar-refractivity contribution in [3.05, 3.63) is 46.7 Å². The number of hydrogen-bond donors (Lipinski definition) is 0. The van der Waals surface area contributed by atoms with Crippen LogP contribution < -0.4 is 0 Å². The fraction of sp³-hybridized carbons (Fsp3) is 0.476. The summed E-state index contributed by atoms with van der Waals surface area (Å²) in [5, 5.41) is 0. The molecular weight excluding hydrogens is 346 g/mol. The van der Waals surface area contributed by atoms with Gasteiger partial charge in [0.15, 0.2) is 11.5 Å². The average molecular weight is 369 g/mol. The Labute approximate surface area is 158 Å². The van der Waals surface area contributed by atoms with Gasteiger partial charge in [-0.25, -0.2) is 4.79 Å². The molecule has 1 fully saturated rings. The molecule has 0 radical (unpaired) electrons. The highest BCUT2D eigenvalue weighted by atomic mass is 16.5. The van der Waals surface area contributed by atoms with E-state index in [-0.39, 0.29) is 29.5 Å². The van der Waals surface area contributed by atoms with Gasteiger partial charge in [0.2, 0.25) is 0 Å². The molecule has 2 aliphatic heterocycles. The van der Waals surface area contributed by atoms with Gasteiger partial charge in [-0.1, -0.05) is 19.1 Å². The first-order chi connectivity index (χ1) is 12.9. The number of likely N-dealkylation sites (N-methyl/N-ethyl adjacent to an activating group) is 1. The van der Waals surface area contributed by atoms with Crippen molar-refractivity contribution in [3.8, 4) is 0 Å². The highest BCUT2D eigenvalue weighted by molar-refractivity contribution is 6.11. The zero-order valence-corrected chi connectivity index (χ0v) is 15.7. The fourth-order valence-electron chi connectivity index (χ4n) is 4.50. The molecule has 1 amide bonds. The molecule has 2 heterocycles. The lowest BCUT2D eigenvalue weighted by Gasteiger charge is -2.37. The largest absolute Gasteiger partial charge is 0.483 e. The van der Waals surface area contributed by atoms with Gasteiger partial charge in [0, 0.05) is 7.05 Å². The first kappa shape index (κ1) is 17.8. The van der Waals surface area contributed by atoms with Crippen molar-refractivity contribution in [1.29, 1.82) is 0 Å². The SMILES string of the molecule is COC(=O)c1ccc(C2C3=C(OC4CCC(C)CC4C3=O)C(=O)N2C)cc1. The second-order valence-corrected chi connectivity index (χ2v) is 7.72. The predicted octanol–water partition coefficient (Wildman–Crippen LogP) is 2.64. The van der Waals surface area contributed by atoms with Crippen LogP contribution in [0.2, 0.25) is 0 Å². The summed E-state index contributed by atoms with van der Waals surface area (Å²) in [7, 11) is 3.01. The number of Topliss-reactive ketones (excluding diaryl/α,β-unsaturated/α-hetero) is 1. The molecule has 1 aliphatic carbocycles. The third-order valence-electron chi connectivity index (χ3n) is 5.99. The minimum absolute atomic E-state index is 0.0348. The molecule has 4 atom stereocenters. The number of ketones is 1. The first-order valence-electron chi connectivity index (χ1n) is 9.32. The van der Waals surface area contributed by atoms with E-state index in [2.05, 4.69) is 6.92 Å². The Morgan fingerprint density at radius 2 is 1.89 bits per heavy atom. The minimum Gasteiger partial charge on any atom is -0.483 e. The number of benzene rings is 1. The van der Waals surface area contributed by atoms with E-state index in [1.165, 1.54) is 7.11 Å². The van der Waals surface area contributed by atoms with Crippen LogP contribution in [0.15, 0.2) is 35.6 Å². The number of fused-ring (bicyclic) bond motifs is 1. The van der Waals surface area contributed by atoms with Gasteiger partial charge < -0.3 is 14.4 Å². The van der Waals surface area contributed by atoms with Crippen molar-refractivity contribution in [2.45, 2.75) is 38.3 Å². The molecule has 4 unspecified atom stereocenters. The van der Waals surface area contributed by atoms with Gasteiger partial charge in [0.1, 0.15) is 6.10 Å². The number of carbonyl (C=O) groups excluding carboxylic acids is 3. The van der Waals surface area contributed by atoms with Gasteiger partial charge in [-0.2, -0.15) is 0 Å². The third kappa shape index (κ3) is 2.74. The molecule has 0 spiro atoms. The Morgan fingerprint density at radius 3 is 2.56 bits per heavy atom. The smallest absolute Gasteiger partial charge is 0.337 e. The van der Waals surface area contributed by atoms with Crippen molar-refractivity contribution in [3.63, 3.8) is 0 Å². The summed E-state index contributed by atoms with van der Waals surface area (Å²) < 4.78 is 10.8. The third-order valence-corrected chi connectivity index (χ3v) is 5.99. The Balaban J connectivity index is 1.71.